The van der Waals surface area contributed by atoms with Crippen molar-refractivity contribution in [2.24, 2.45) is 10.8 Å². The molecule has 2 aromatic carbocycles. The van der Waals surface area contributed by atoms with Gasteiger partial charge < -0.3 is 35.1 Å². The highest BCUT2D eigenvalue weighted by Crippen LogP contribution is 2.36. The molecule has 14 nitrogen and oxygen atoms in total. The van der Waals surface area contributed by atoms with Gasteiger partial charge in [-0.2, -0.15) is 0 Å². The van der Waals surface area contributed by atoms with Gasteiger partial charge in [0.25, 0.3) is 0 Å². The van der Waals surface area contributed by atoms with Crippen LogP contribution in [-0.4, -0.2) is 94.2 Å². The number of methoxy groups -OCH3 is 1. The molecule has 6 rings (SSSR count). The zero-order valence-corrected chi connectivity index (χ0v) is 41.4. The van der Waals surface area contributed by atoms with Crippen LogP contribution >= 0.6 is 0 Å². The third kappa shape index (κ3) is 15.6. The standard InChI is InChI=1S/C31H32FN5O4.C13H24N2O3.C5H12.C2H6.4H2/c1-19-16-23(32)8-12-26(19)37-27(13-14-28(37)22-7-11-25(17-22)35-41)21-5-9-24(10-6-21)34-31(40)29-4-3-15-36(29)30(39)18-33-20(2)38;1-9-7-6-8-15(9)11(16)10(13(2,3)4)14-12(17)18-5;1-5(2,3)4;1-2;;;;/h5-14,16,29,35,41H,3-4,15,17-18H2,1-2H3,(H,33,38)(H,34,40);9-10H,6-8H2,1-5H3,(H,14,17);1-4H3;1-2H3;4*1H/t;9-,10-;;;;;;/m.1....../s1. The predicted molar refractivity (Wildman–Crippen MR) is 268 cm³/mol. The number of carbonyl (C=O) groups excluding carboxylic acids is 5. The van der Waals surface area contributed by atoms with E-state index in [9.17, 15) is 33.6 Å². The van der Waals surface area contributed by atoms with Gasteiger partial charge in [-0.1, -0.05) is 80.5 Å². The van der Waals surface area contributed by atoms with Crippen LogP contribution in [-0.2, 0) is 23.9 Å². The van der Waals surface area contributed by atoms with Crippen LogP contribution in [0.25, 0.3) is 22.5 Å². The Bertz CT molecular complexity index is 2220. The minimum atomic E-state index is -0.594. The Labute approximate surface area is 397 Å². The van der Waals surface area contributed by atoms with Gasteiger partial charge in [-0.05, 0) is 116 Å². The normalized spacial score (nSPS) is 17.0. The smallest absolute Gasteiger partial charge is 0.407 e. The first-order valence-corrected chi connectivity index (χ1v) is 22.9. The molecule has 2 aliphatic heterocycles. The fraction of sp³-hybridized carbons (Fsp3) is 0.510. The molecule has 3 aliphatic rings. The Hall–Kier alpha value is -5.96. The summed E-state index contributed by atoms with van der Waals surface area (Å²) in [5.74, 6) is -1.18. The lowest BCUT2D eigenvalue weighted by Crippen LogP contribution is -2.55. The van der Waals surface area contributed by atoms with E-state index >= 15 is 0 Å². The molecule has 0 saturated carbocycles. The molecule has 5 amide bonds. The van der Waals surface area contributed by atoms with Crippen LogP contribution in [0, 0.1) is 23.6 Å². The maximum atomic E-state index is 14.0. The number of aryl methyl sites for hydroxylation is 1. The van der Waals surface area contributed by atoms with Gasteiger partial charge in [-0.25, -0.2) is 9.18 Å². The van der Waals surface area contributed by atoms with Crippen molar-refractivity contribution < 1.29 is 44.0 Å². The van der Waals surface area contributed by atoms with Crippen molar-refractivity contribution in [1.29, 1.82) is 0 Å². The molecule has 15 heteroatoms. The van der Waals surface area contributed by atoms with Crippen LogP contribution in [0.1, 0.15) is 125 Å². The summed E-state index contributed by atoms with van der Waals surface area (Å²) in [4.78, 5) is 64.0. The van der Waals surface area contributed by atoms with Gasteiger partial charge in [0.05, 0.1) is 19.3 Å². The molecule has 0 bridgehead atoms. The number of anilines is 1. The zero-order valence-electron chi connectivity index (χ0n) is 41.4. The molecule has 0 radical (unpaired) electrons. The van der Waals surface area contributed by atoms with Gasteiger partial charge in [0.1, 0.15) is 17.9 Å². The third-order valence-corrected chi connectivity index (χ3v) is 10.8. The number of likely N-dealkylation sites (tertiary alicyclic amines) is 2. The molecule has 1 aromatic heterocycles. The molecule has 66 heavy (non-hydrogen) atoms. The summed E-state index contributed by atoms with van der Waals surface area (Å²) in [6, 6.07) is 15.2. The van der Waals surface area contributed by atoms with Crippen LogP contribution < -0.4 is 21.4 Å². The maximum Gasteiger partial charge on any atom is 0.407 e. The van der Waals surface area contributed by atoms with Crippen LogP contribution in [0.4, 0.5) is 14.9 Å². The summed E-state index contributed by atoms with van der Waals surface area (Å²) in [7, 11) is 1.30. The first-order valence-electron chi connectivity index (χ1n) is 22.9. The summed E-state index contributed by atoms with van der Waals surface area (Å²) >= 11 is 0. The van der Waals surface area contributed by atoms with E-state index in [1.807, 2.05) is 102 Å². The van der Waals surface area contributed by atoms with Crippen molar-refractivity contribution in [1.82, 2.24) is 30.5 Å². The third-order valence-electron chi connectivity index (χ3n) is 10.8. The highest BCUT2D eigenvalue weighted by molar-refractivity contribution is 5.98. The molecule has 3 atom stereocenters. The van der Waals surface area contributed by atoms with E-state index in [0.29, 0.717) is 42.6 Å². The molecule has 5 N–H and O–H groups in total. The Morgan fingerprint density at radius 2 is 1.48 bits per heavy atom. The quantitative estimate of drug-likeness (QED) is 0.125. The van der Waals surface area contributed by atoms with Crippen molar-refractivity contribution in [3.63, 3.8) is 0 Å². The number of ether oxygens (including phenoxy) is 1. The van der Waals surface area contributed by atoms with Gasteiger partial charge in [-0.15, -0.1) is 0 Å². The number of rotatable bonds is 10. The molecule has 1 aliphatic carbocycles. The Morgan fingerprint density at radius 1 is 0.879 bits per heavy atom. The summed E-state index contributed by atoms with van der Waals surface area (Å²) in [6.45, 7) is 24.9. The van der Waals surface area contributed by atoms with Crippen molar-refractivity contribution >= 4 is 41.0 Å². The van der Waals surface area contributed by atoms with Crippen LogP contribution in [0.5, 0.6) is 0 Å². The molecular formula is C51H82FN7O7. The lowest BCUT2D eigenvalue weighted by Gasteiger charge is -2.34. The second-order valence-electron chi connectivity index (χ2n) is 19.2. The second-order valence-corrected chi connectivity index (χ2v) is 19.2. The van der Waals surface area contributed by atoms with Crippen LogP contribution in [0.3, 0.4) is 0 Å². The van der Waals surface area contributed by atoms with E-state index in [1.54, 1.807) is 6.07 Å². The number of carbonyl (C=O) groups is 5. The highest BCUT2D eigenvalue weighted by atomic mass is 19.1. The summed E-state index contributed by atoms with van der Waals surface area (Å²) in [5, 5.41) is 17.4. The molecule has 3 heterocycles. The maximum absolute atomic E-state index is 14.0. The van der Waals surface area contributed by atoms with Crippen LogP contribution in [0.2, 0.25) is 0 Å². The Kier molecular flexibility index (Phi) is 20.2. The number of nitrogens with one attached hydrogen (secondary N) is 4. The number of nitrogens with zero attached hydrogens (tertiary/aromatic N) is 3. The molecular weight excluding hydrogens is 842 g/mol. The number of allylic oxidation sites excluding steroid dienone is 3. The Morgan fingerprint density at radius 3 is 2.02 bits per heavy atom. The van der Waals surface area contributed by atoms with E-state index in [0.717, 1.165) is 53.2 Å². The number of alkyl carbamates (subject to hydrolysis) is 1. The van der Waals surface area contributed by atoms with E-state index in [4.69, 9.17) is 0 Å². The molecule has 2 fully saturated rings. The average Bonchev–Trinajstić information content (AvgIpc) is 4.09. The summed E-state index contributed by atoms with van der Waals surface area (Å²) in [6.07, 6.45) is 7.06. The van der Waals surface area contributed by atoms with Crippen molar-refractivity contribution in [3.05, 3.63) is 89.5 Å². The number of hydroxylamine groups is 1. The van der Waals surface area contributed by atoms with Gasteiger partial charge in [0, 0.05) is 60.9 Å². The number of hydrogen-bond acceptors (Lipinski definition) is 8. The van der Waals surface area contributed by atoms with Gasteiger partial charge in [-0.3, -0.25) is 29.9 Å². The molecule has 2 saturated heterocycles. The largest absolute Gasteiger partial charge is 0.453 e. The number of benzene rings is 2. The van der Waals surface area contributed by atoms with Crippen molar-refractivity contribution in [2.75, 3.05) is 32.1 Å². The van der Waals surface area contributed by atoms with E-state index < -0.39 is 18.2 Å². The molecule has 370 valence electrons. The minimum absolute atomic E-state index is 0. The van der Waals surface area contributed by atoms with Crippen molar-refractivity contribution in [2.45, 2.75) is 133 Å². The van der Waals surface area contributed by atoms with Gasteiger partial charge >= 0.3 is 6.09 Å². The molecule has 0 spiro atoms. The van der Waals surface area contributed by atoms with E-state index in [-0.39, 0.29) is 53.2 Å². The number of halogens is 1. The van der Waals surface area contributed by atoms with Crippen LogP contribution in [0.15, 0.2) is 72.4 Å². The second kappa shape index (κ2) is 24.5. The first-order chi connectivity index (χ1) is 31.0. The average molecular weight is 924 g/mol. The molecule has 3 aromatic rings. The van der Waals surface area contributed by atoms with E-state index in [1.165, 1.54) is 31.1 Å². The SMILES string of the molecule is CC.CC(=O)NCC(=O)N1CCCC1C(=O)Nc1ccc(-c2ccc(C3=CC=C(NO)C3)n2-c2ccc(F)cc2C)cc1.CC(C)(C)C.COC(=O)N[C@H](C(=O)N1CCC[C@H]1C)C(C)(C)C.[HH].[HH].[HH].[HH]. The number of hydrogen-bond donors (Lipinski definition) is 5. The summed E-state index contributed by atoms with van der Waals surface area (Å²) in [5.41, 5.74) is 8.94. The summed E-state index contributed by atoms with van der Waals surface area (Å²) < 4.78 is 20.6. The lowest BCUT2D eigenvalue weighted by molar-refractivity contribution is -0.136. The van der Waals surface area contributed by atoms with E-state index in [2.05, 4.69) is 58.4 Å². The first kappa shape index (κ1) is 54.4. The minimum Gasteiger partial charge on any atom is -0.453 e. The lowest BCUT2D eigenvalue weighted by atomic mass is 9.85. The molecule has 1 unspecified atom stereocenters. The zero-order chi connectivity index (χ0) is 49.5. The topological polar surface area (TPSA) is 174 Å². The fourth-order valence-electron chi connectivity index (χ4n) is 7.66. The number of amides is 5. The highest BCUT2D eigenvalue weighted by Gasteiger charge is 2.39. The van der Waals surface area contributed by atoms with Crippen molar-refractivity contribution in [3.8, 4) is 16.9 Å². The fourth-order valence-corrected chi connectivity index (χ4v) is 7.66. The number of aromatic nitrogens is 1. The monoisotopic (exact) mass is 924 g/mol. The Balaban J connectivity index is 0. The van der Waals surface area contributed by atoms with Gasteiger partial charge in [0.15, 0.2) is 0 Å². The van der Waals surface area contributed by atoms with Gasteiger partial charge in [0.2, 0.25) is 23.6 Å². The predicted octanol–water partition coefficient (Wildman–Crippen LogP) is 10.1.